The van der Waals surface area contributed by atoms with Crippen LogP contribution in [-0.4, -0.2) is 25.0 Å². The second-order valence-corrected chi connectivity index (χ2v) is 6.75. The molecule has 0 aliphatic carbocycles. The maximum Gasteiger partial charge on any atom is 0.229 e. The molecule has 0 spiro atoms. The molecule has 1 aliphatic rings. The number of halogens is 1. The van der Waals surface area contributed by atoms with E-state index in [1.165, 1.54) is 0 Å². The first-order valence-corrected chi connectivity index (χ1v) is 8.96. The molecule has 2 amide bonds. The third kappa shape index (κ3) is 4.20. The van der Waals surface area contributed by atoms with Crippen molar-refractivity contribution in [2.75, 3.05) is 23.4 Å². The van der Waals surface area contributed by atoms with Gasteiger partial charge in [0.25, 0.3) is 0 Å². The minimum Gasteiger partial charge on any atom is -0.494 e. The van der Waals surface area contributed by atoms with E-state index in [9.17, 15) is 9.59 Å². The molecule has 1 atom stereocenters. The summed E-state index contributed by atoms with van der Waals surface area (Å²) < 4.78 is 6.31. The van der Waals surface area contributed by atoms with Gasteiger partial charge in [0.2, 0.25) is 11.8 Å². The largest absolute Gasteiger partial charge is 0.494 e. The molecular weight excluding hydrogens is 384 g/mol. The van der Waals surface area contributed by atoms with E-state index in [2.05, 4.69) is 21.2 Å². The molecule has 0 saturated carbocycles. The van der Waals surface area contributed by atoms with Crippen LogP contribution < -0.4 is 15.0 Å². The van der Waals surface area contributed by atoms with Gasteiger partial charge in [-0.1, -0.05) is 22.0 Å². The number of ether oxygens (including phenoxy) is 1. The van der Waals surface area contributed by atoms with E-state index < -0.39 is 0 Å². The molecule has 0 bridgehead atoms. The topological polar surface area (TPSA) is 58.6 Å². The Morgan fingerprint density at radius 2 is 2.04 bits per heavy atom. The molecule has 1 fully saturated rings. The first-order valence-electron chi connectivity index (χ1n) is 8.16. The number of hydrogen-bond acceptors (Lipinski definition) is 3. The first-order chi connectivity index (χ1) is 12.1. The highest BCUT2D eigenvalue weighted by Crippen LogP contribution is 2.28. The van der Waals surface area contributed by atoms with Crippen LogP contribution >= 0.6 is 15.9 Å². The van der Waals surface area contributed by atoms with Gasteiger partial charge in [-0.05, 0) is 49.4 Å². The van der Waals surface area contributed by atoms with Gasteiger partial charge in [-0.15, -0.1) is 0 Å². The van der Waals surface area contributed by atoms with Gasteiger partial charge >= 0.3 is 0 Å². The van der Waals surface area contributed by atoms with Crippen molar-refractivity contribution in [3.05, 3.63) is 53.0 Å². The van der Waals surface area contributed by atoms with E-state index in [1.54, 1.807) is 4.90 Å². The number of amides is 2. The Balaban J connectivity index is 1.66. The molecule has 130 valence electrons. The molecule has 6 heteroatoms. The smallest absolute Gasteiger partial charge is 0.229 e. The fourth-order valence-electron chi connectivity index (χ4n) is 2.83. The monoisotopic (exact) mass is 402 g/mol. The van der Waals surface area contributed by atoms with E-state index in [-0.39, 0.29) is 24.2 Å². The highest BCUT2D eigenvalue weighted by atomic mass is 79.9. The molecule has 0 radical (unpaired) electrons. The molecular formula is C19H19BrN2O3. The van der Waals surface area contributed by atoms with E-state index >= 15 is 0 Å². The van der Waals surface area contributed by atoms with Crippen molar-refractivity contribution in [3.8, 4) is 5.75 Å². The Morgan fingerprint density at radius 1 is 1.28 bits per heavy atom. The van der Waals surface area contributed by atoms with E-state index in [4.69, 9.17) is 4.74 Å². The van der Waals surface area contributed by atoms with Crippen LogP contribution in [0.2, 0.25) is 0 Å². The number of hydrogen-bond donors (Lipinski definition) is 1. The standard InChI is InChI=1S/C19H19BrN2O3/c1-2-25-17-8-6-16(7-9-17)22-12-13(10-18(22)23)19(24)21-15-5-3-4-14(20)11-15/h3-9,11,13H,2,10,12H2,1H3,(H,21,24)/t13-/m0/s1. The maximum absolute atomic E-state index is 12.5. The summed E-state index contributed by atoms with van der Waals surface area (Å²) in [4.78, 5) is 26.4. The molecule has 1 heterocycles. The lowest BCUT2D eigenvalue weighted by Gasteiger charge is -2.17. The van der Waals surface area contributed by atoms with Gasteiger partial charge in [0.05, 0.1) is 12.5 Å². The second-order valence-electron chi connectivity index (χ2n) is 5.83. The van der Waals surface area contributed by atoms with Crippen LogP contribution in [0.1, 0.15) is 13.3 Å². The van der Waals surface area contributed by atoms with Crippen LogP contribution in [0.15, 0.2) is 53.0 Å². The first kappa shape index (κ1) is 17.5. The molecule has 25 heavy (non-hydrogen) atoms. The van der Waals surface area contributed by atoms with Crippen LogP contribution in [-0.2, 0) is 9.59 Å². The molecule has 1 aliphatic heterocycles. The molecule has 5 nitrogen and oxygen atoms in total. The Bertz CT molecular complexity index is 776. The van der Waals surface area contributed by atoms with Gasteiger partial charge in [-0.2, -0.15) is 0 Å². The van der Waals surface area contributed by atoms with Gasteiger partial charge in [-0.25, -0.2) is 0 Å². The average molecular weight is 403 g/mol. The zero-order valence-electron chi connectivity index (χ0n) is 13.9. The summed E-state index contributed by atoms with van der Waals surface area (Å²) in [6, 6.07) is 14.8. The van der Waals surface area contributed by atoms with E-state index in [1.807, 2.05) is 55.5 Å². The number of rotatable bonds is 5. The summed E-state index contributed by atoms with van der Waals surface area (Å²) in [5, 5.41) is 2.88. The number of carbonyl (C=O) groups is 2. The van der Waals surface area contributed by atoms with Gasteiger partial charge in [0.15, 0.2) is 0 Å². The molecule has 0 unspecified atom stereocenters. The number of nitrogens with one attached hydrogen (secondary N) is 1. The molecule has 1 N–H and O–H groups in total. The molecule has 2 aromatic rings. The summed E-state index contributed by atoms with van der Waals surface area (Å²) >= 11 is 3.38. The van der Waals surface area contributed by atoms with Crippen LogP contribution in [0.4, 0.5) is 11.4 Å². The lowest BCUT2D eigenvalue weighted by Crippen LogP contribution is -2.28. The number of nitrogens with zero attached hydrogens (tertiary/aromatic N) is 1. The van der Waals surface area contributed by atoms with Crippen molar-refractivity contribution >= 4 is 39.1 Å². The van der Waals surface area contributed by atoms with E-state index in [0.717, 1.165) is 15.9 Å². The van der Waals surface area contributed by atoms with Crippen molar-refractivity contribution < 1.29 is 14.3 Å². The Labute approximate surface area is 155 Å². The van der Waals surface area contributed by atoms with Crippen LogP contribution in [0, 0.1) is 5.92 Å². The minimum absolute atomic E-state index is 0.0430. The number of anilines is 2. The molecule has 1 saturated heterocycles. The Kier molecular flexibility index (Phi) is 5.38. The predicted molar refractivity (Wildman–Crippen MR) is 101 cm³/mol. The van der Waals surface area contributed by atoms with Crippen LogP contribution in [0.25, 0.3) is 0 Å². The van der Waals surface area contributed by atoms with Crippen molar-refractivity contribution in [2.24, 2.45) is 5.92 Å². The molecule has 0 aromatic heterocycles. The van der Waals surface area contributed by atoms with Crippen LogP contribution in [0.5, 0.6) is 5.75 Å². The zero-order chi connectivity index (χ0) is 17.8. The van der Waals surface area contributed by atoms with Gasteiger partial charge < -0.3 is 15.0 Å². The quantitative estimate of drug-likeness (QED) is 0.826. The SMILES string of the molecule is CCOc1ccc(N2C[C@@H](C(=O)Nc3cccc(Br)c3)CC2=O)cc1. The lowest BCUT2D eigenvalue weighted by atomic mass is 10.1. The summed E-state index contributed by atoms with van der Waals surface area (Å²) in [5.74, 6) is 0.221. The summed E-state index contributed by atoms with van der Waals surface area (Å²) in [5.41, 5.74) is 1.50. The van der Waals surface area contributed by atoms with Gasteiger partial charge in [0.1, 0.15) is 5.75 Å². The predicted octanol–water partition coefficient (Wildman–Crippen LogP) is 3.84. The molecule has 2 aromatic carbocycles. The highest BCUT2D eigenvalue weighted by Gasteiger charge is 2.35. The molecule has 3 rings (SSSR count). The van der Waals surface area contributed by atoms with Crippen LogP contribution in [0.3, 0.4) is 0 Å². The van der Waals surface area contributed by atoms with Gasteiger partial charge in [-0.3, -0.25) is 9.59 Å². The van der Waals surface area contributed by atoms with E-state index in [0.29, 0.717) is 18.8 Å². The third-order valence-corrected chi connectivity index (χ3v) is 4.54. The maximum atomic E-state index is 12.5. The van der Waals surface area contributed by atoms with Gasteiger partial charge in [0, 0.05) is 28.8 Å². The number of benzene rings is 2. The second kappa shape index (κ2) is 7.70. The minimum atomic E-state index is -0.363. The summed E-state index contributed by atoms with van der Waals surface area (Å²) in [6.07, 6.45) is 0.215. The Hall–Kier alpha value is -2.34. The number of carbonyl (C=O) groups excluding carboxylic acids is 2. The lowest BCUT2D eigenvalue weighted by molar-refractivity contribution is -0.122. The normalized spacial score (nSPS) is 16.8. The summed E-state index contributed by atoms with van der Waals surface area (Å²) in [6.45, 7) is 2.90. The fourth-order valence-corrected chi connectivity index (χ4v) is 3.23. The van der Waals surface area contributed by atoms with Crippen molar-refractivity contribution in [2.45, 2.75) is 13.3 Å². The average Bonchev–Trinajstić information content (AvgIpc) is 2.98. The highest BCUT2D eigenvalue weighted by molar-refractivity contribution is 9.10. The summed E-state index contributed by atoms with van der Waals surface area (Å²) in [7, 11) is 0. The van der Waals surface area contributed by atoms with Crippen molar-refractivity contribution in [3.63, 3.8) is 0 Å². The third-order valence-electron chi connectivity index (χ3n) is 4.05. The van der Waals surface area contributed by atoms with Crippen molar-refractivity contribution in [1.82, 2.24) is 0 Å². The zero-order valence-corrected chi connectivity index (χ0v) is 15.5. The fraction of sp³-hybridized carbons (Fsp3) is 0.263. The van der Waals surface area contributed by atoms with Crippen molar-refractivity contribution in [1.29, 1.82) is 0 Å². The Morgan fingerprint density at radius 3 is 2.72 bits per heavy atom.